The third-order valence-corrected chi connectivity index (χ3v) is 4.06. The third-order valence-electron chi connectivity index (χ3n) is 2.95. The fourth-order valence-electron chi connectivity index (χ4n) is 1.85. The van der Waals surface area contributed by atoms with E-state index in [-0.39, 0.29) is 0 Å². The van der Waals surface area contributed by atoms with Crippen LogP contribution >= 0.6 is 11.3 Å². The molecule has 0 aliphatic heterocycles. The van der Waals surface area contributed by atoms with E-state index in [4.69, 9.17) is 5.73 Å². The highest BCUT2D eigenvalue weighted by Crippen LogP contribution is 2.32. The summed E-state index contributed by atoms with van der Waals surface area (Å²) in [6.07, 6.45) is 2.56. The molecule has 0 aliphatic rings. The first-order chi connectivity index (χ1) is 8.13. The molecule has 1 unspecified atom stereocenters. The summed E-state index contributed by atoms with van der Waals surface area (Å²) in [6, 6.07) is 0.331. The molecule has 92 valence electrons. The van der Waals surface area contributed by atoms with E-state index in [0.717, 1.165) is 22.5 Å². The number of thiophene rings is 1. The van der Waals surface area contributed by atoms with E-state index in [0.29, 0.717) is 12.6 Å². The lowest BCUT2D eigenvalue weighted by atomic mass is 10.2. The molecule has 5 heteroatoms. The van der Waals surface area contributed by atoms with Crippen molar-refractivity contribution in [3.63, 3.8) is 0 Å². The Kier molecular flexibility index (Phi) is 3.59. The van der Waals surface area contributed by atoms with Crippen molar-refractivity contribution < 1.29 is 0 Å². The SMILES string of the molecule is Cc1sc2ncnc(NC(C)CCN)c2c1C. The van der Waals surface area contributed by atoms with Crippen LogP contribution in [-0.4, -0.2) is 22.6 Å². The molecular formula is C12H18N4S. The Morgan fingerprint density at radius 3 is 2.88 bits per heavy atom. The molecule has 2 heterocycles. The zero-order valence-electron chi connectivity index (χ0n) is 10.4. The number of nitrogens with zero attached hydrogens (tertiary/aromatic N) is 2. The van der Waals surface area contributed by atoms with E-state index < -0.39 is 0 Å². The number of hydrogen-bond donors (Lipinski definition) is 2. The van der Waals surface area contributed by atoms with Crippen LogP contribution in [0.4, 0.5) is 5.82 Å². The van der Waals surface area contributed by atoms with Gasteiger partial charge in [-0.05, 0) is 39.3 Å². The van der Waals surface area contributed by atoms with Gasteiger partial charge in [0.2, 0.25) is 0 Å². The van der Waals surface area contributed by atoms with Crippen LogP contribution in [0, 0.1) is 13.8 Å². The Hall–Kier alpha value is -1.20. The highest BCUT2D eigenvalue weighted by molar-refractivity contribution is 7.18. The Balaban J connectivity index is 2.40. The van der Waals surface area contributed by atoms with Gasteiger partial charge in [0.25, 0.3) is 0 Å². The molecule has 2 rings (SSSR count). The first kappa shape index (κ1) is 12.3. The number of fused-ring (bicyclic) bond motifs is 1. The van der Waals surface area contributed by atoms with Gasteiger partial charge in [-0.1, -0.05) is 0 Å². The molecule has 0 fully saturated rings. The predicted molar refractivity (Wildman–Crippen MR) is 73.6 cm³/mol. The third kappa shape index (κ3) is 2.40. The Labute approximate surface area is 105 Å². The van der Waals surface area contributed by atoms with E-state index in [1.807, 2.05) is 0 Å². The molecule has 0 aromatic carbocycles. The summed E-state index contributed by atoms with van der Waals surface area (Å²) in [5.41, 5.74) is 6.83. The van der Waals surface area contributed by atoms with Gasteiger partial charge in [-0.3, -0.25) is 0 Å². The first-order valence-electron chi connectivity index (χ1n) is 5.80. The highest BCUT2D eigenvalue weighted by Gasteiger charge is 2.12. The van der Waals surface area contributed by atoms with Gasteiger partial charge in [0, 0.05) is 10.9 Å². The molecule has 1 atom stereocenters. The smallest absolute Gasteiger partial charge is 0.138 e. The van der Waals surface area contributed by atoms with Crippen LogP contribution in [0.3, 0.4) is 0 Å². The van der Waals surface area contributed by atoms with Crippen LogP contribution in [0.5, 0.6) is 0 Å². The zero-order valence-corrected chi connectivity index (χ0v) is 11.3. The lowest BCUT2D eigenvalue weighted by molar-refractivity contribution is 0.714. The van der Waals surface area contributed by atoms with Crippen LogP contribution in [0.15, 0.2) is 6.33 Å². The number of nitrogens with one attached hydrogen (secondary N) is 1. The van der Waals surface area contributed by atoms with E-state index in [9.17, 15) is 0 Å². The number of anilines is 1. The van der Waals surface area contributed by atoms with Crippen molar-refractivity contribution >= 4 is 27.4 Å². The molecule has 0 radical (unpaired) electrons. The standard InChI is InChI=1S/C12H18N4S/c1-7(4-5-13)16-11-10-8(2)9(3)17-12(10)15-6-14-11/h6-7H,4-5,13H2,1-3H3,(H,14,15,16). The molecule has 0 spiro atoms. The second kappa shape index (κ2) is 4.98. The number of aryl methyl sites for hydroxylation is 2. The fraction of sp³-hybridized carbons (Fsp3) is 0.500. The summed E-state index contributed by atoms with van der Waals surface area (Å²) in [7, 11) is 0. The molecule has 2 aromatic rings. The van der Waals surface area contributed by atoms with Gasteiger partial charge < -0.3 is 11.1 Å². The summed E-state index contributed by atoms with van der Waals surface area (Å²) < 4.78 is 0. The van der Waals surface area contributed by atoms with Crippen molar-refractivity contribution in [3.05, 3.63) is 16.8 Å². The molecule has 2 aromatic heterocycles. The van der Waals surface area contributed by atoms with Crippen molar-refractivity contribution in [3.8, 4) is 0 Å². The average molecular weight is 250 g/mol. The zero-order chi connectivity index (χ0) is 12.4. The van der Waals surface area contributed by atoms with Crippen LogP contribution in [0.2, 0.25) is 0 Å². The number of hydrogen-bond acceptors (Lipinski definition) is 5. The maximum absolute atomic E-state index is 5.56. The van der Waals surface area contributed by atoms with E-state index in [1.54, 1.807) is 17.7 Å². The van der Waals surface area contributed by atoms with Crippen LogP contribution in [-0.2, 0) is 0 Å². The summed E-state index contributed by atoms with van der Waals surface area (Å²) in [6.45, 7) is 7.05. The first-order valence-corrected chi connectivity index (χ1v) is 6.62. The lowest BCUT2D eigenvalue weighted by Gasteiger charge is -2.14. The van der Waals surface area contributed by atoms with Crippen molar-refractivity contribution in [1.82, 2.24) is 9.97 Å². The maximum Gasteiger partial charge on any atom is 0.138 e. The number of aromatic nitrogens is 2. The van der Waals surface area contributed by atoms with Crippen molar-refractivity contribution in [2.24, 2.45) is 5.73 Å². The predicted octanol–water partition coefficient (Wildman–Crippen LogP) is 2.46. The minimum atomic E-state index is 0.331. The van der Waals surface area contributed by atoms with Gasteiger partial charge in [0.05, 0.1) is 5.39 Å². The van der Waals surface area contributed by atoms with Gasteiger partial charge in [-0.15, -0.1) is 11.3 Å². The van der Waals surface area contributed by atoms with Crippen molar-refractivity contribution in [1.29, 1.82) is 0 Å². The Bertz CT molecular complexity index is 520. The highest BCUT2D eigenvalue weighted by atomic mass is 32.1. The second-order valence-electron chi connectivity index (χ2n) is 4.31. The largest absolute Gasteiger partial charge is 0.367 e. The summed E-state index contributed by atoms with van der Waals surface area (Å²) in [5, 5.41) is 4.57. The Morgan fingerprint density at radius 1 is 1.41 bits per heavy atom. The monoisotopic (exact) mass is 250 g/mol. The van der Waals surface area contributed by atoms with Crippen LogP contribution in [0.25, 0.3) is 10.2 Å². The molecule has 0 saturated carbocycles. The van der Waals surface area contributed by atoms with Crippen LogP contribution < -0.4 is 11.1 Å². The molecule has 0 amide bonds. The Morgan fingerprint density at radius 2 is 2.18 bits per heavy atom. The fourth-order valence-corrected chi connectivity index (χ4v) is 2.84. The van der Waals surface area contributed by atoms with Gasteiger partial charge in [0.15, 0.2) is 0 Å². The van der Waals surface area contributed by atoms with E-state index in [2.05, 4.69) is 36.1 Å². The van der Waals surface area contributed by atoms with Gasteiger partial charge in [-0.25, -0.2) is 9.97 Å². The van der Waals surface area contributed by atoms with Crippen molar-refractivity contribution in [2.75, 3.05) is 11.9 Å². The molecule has 4 nitrogen and oxygen atoms in total. The number of nitrogens with two attached hydrogens (primary N) is 1. The number of rotatable bonds is 4. The van der Waals surface area contributed by atoms with Crippen molar-refractivity contribution in [2.45, 2.75) is 33.2 Å². The molecule has 17 heavy (non-hydrogen) atoms. The minimum absolute atomic E-state index is 0.331. The summed E-state index contributed by atoms with van der Waals surface area (Å²) in [4.78, 5) is 11.0. The van der Waals surface area contributed by atoms with E-state index >= 15 is 0 Å². The lowest BCUT2D eigenvalue weighted by Crippen LogP contribution is -2.20. The van der Waals surface area contributed by atoms with Gasteiger partial charge >= 0.3 is 0 Å². The topological polar surface area (TPSA) is 63.8 Å². The average Bonchev–Trinajstić information content (AvgIpc) is 2.56. The normalized spacial score (nSPS) is 12.9. The molecule has 0 saturated heterocycles. The van der Waals surface area contributed by atoms with E-state index in [1.165, 1.54) is 10.4 Å². The molecular weight excluding hydrogens is 232 g/mol. The minimum Gasteiger partial charge on any atom is -0.367 e. The molecule has 3 N–H and O–H groups in total. The second-order valence-corrected chi connectivity index (χ2v) is 5.51. The summed E-state index contributed by atoms with van der Waals surface area (Å²) >= 11 is 1.72. The van der Waals surface area contributed by atoms with Gasteiger partial charge in [0.1, 0.15) is 17.0 Å². The quantitative estimate of drug-likeness (QED) is 0.875. The molecule has 0 aliphatic carbocycles. The van der Waals surface area contributed by atoms with Crippen LogP contribution in [0.1, 0.15) is 23.8 Å². The van der Waals surface area contributed by atoms with Gasteiger partial charge in [-0.2, -0.15) is 0 Å². The maximum atomic E-state index is 5.56. The summed E-state index contributed by atoms with van der Waals surface area (Å²) in [5.74, 6) is 0.929. The molecule has 0 bridgehead atoms.